The van der Waals surface area contributed by atoms with E-state index in [2.05, 4.69) is 0 Å². The first kappa shape index (κ1) is 51.5. The lowest BCUT2D eigenvalue weighted by atomic mass is 9.78. The molecule has 5 unspecified atom stereocenters. The van der Waals surface area contributed by atoms with E-state index in [4.69, 9.17) is 18.9 Å². The molecule has 0 saturated heterocycles. The molecule has 0 amide bonds. The standard InChI is InChI=1S/C39H52B9F3O11S/c40-9-18-1-21(12-43)27(14-45)24(3-18)35(52)59-23-7-31(60-36(53)25-4-19(10-41)2-22(13-44)28(25)15-46)34(38(55)62-33(39(49,50)51)17-63(56,57)58)32(8-23)61-37(54)26-5-20(11-42)6-30(48)29(26)16-47/h1-6,23,31-34H,7-17,40-48H2,(H,56,57,58). The molecule has 1 aliphatic rings. The van der Waals surface area contributed by atoms with Crippen molar-refractivity contribution in [1.29, 1.82) is 0 Å². The van der Waals surface area contributed by atoms with Gasteiger partial charge in [0, 0.05) is 12.8 Å². The number of benzene rings is 3. The average molecular weight is 883 g/mol. The van der Waals surface area contributed by atoms with Gasteiger partial charge in [-0.1, -0.05) is 102 Å². The lowest BCUT2D eigenvalue weighted by Crippen LogP contribution is -2.53. The Morgan fingerprint density at radius 2 is 1.02 bits per heavy atom. The Labute approximate surface area is 376 Å². The van der Waals surface area contributed by atoms with Crippen molar-refractivity contribution in [3.05, 3.63) is 97.6 Å². The van der Waals surface area contributed by atoms with Gasteiger partial charge in [0.1, 0.15) is 101 Å². The molecule has 0 aliphatic heterocycles. The molecule has 3 aromatic rings. The molecular formula is C39H52B9F3O11S. The largest absolute Gasteiger partial charge is 0.458 e. The molecule has 0 aromatic heterocycles. The van der Waals surface area contributed by atoms with Crippen LogP contribution in [-0.4, -0.2) is 144 Å². The molecule has 24 heteroatoms. The number of rotatable bonds is 18. The van der Waals surface area contributed by atoms with E-state index < -0.39 is 89.1 Å². The third-order valence-corrected chi connectivity index (χ3v) is 12.6. The Morgan fingerprint density at radius 3 is 1.38 bits per heavy atom. The van der Waals surface area contributed by atoms with Crippen LogP contribution in [0.5, 0.6) is 0 Å². The van der Waals surface area contributed by atoms with Crippen molar-refractivity contribution in [2.24, 2.45) is 5.92 Å². The molecule has 1 fully saturated rings. The monoisotopic (exact) mass is 884 g/mol. The normalized spacial score (nSPS) is 18.2. The summed E-state index contributed by atoms with van der Waals surface area (Å²) in [7, 11) is 11.6. The van der Waals surface area contributed by atoms with Crippen LogP contribution in [0.15, 0.2) is 36.4 Å². The van der Waals surface area contributed by atoms with E-state index in [0.717, 1.165) is 38.8 Å². The SMILES string of the molecule is BCc1cc(B)c(CB)c(C(=O)OC2CC(OC(=O)c3cc(CB)cc(CB)c3CB)CC(OC(=O)c3cc(CB)cc(CB)c3CB)C2C(=O)OC(CS(=O)(=O)O)C(F)(F)F)c1. The van der Waals surface area contributed by atoms with E-state index in [1.807, 2.05) is 88.8 Å². The van der Waals surface area contributed by atoms with E-state index >= 15 is 0 Å². The smallest absolute Gasteiger partial charge is 0.426 e. The van der Waals surface area contributed by atoms with Crippen molar-refractivity contribution < 1.29 is 64.3 Å². The van der Waals surface area contributed by atoms with Gasteiger partial charge in [-0.3, -0.25) is 9.35 Å². The van der Waals surface area contributed by atoms with Crippen LogP contribution < -0.4 is 5.46 Å². The molecule has 0 spiro atoms. The molecule has 11 nitrogen and oxygen atoms in total. The molecule has 328 valence electrons. The Kier molecular flexibility index (Phi) is 18.1. The number of esters is 4. The van der Waals surface area contributed by atoms with Gasteiger partial charge in [0.25, 0.3) is 10.1 Å². The minimum absolute atomic E-state index is 0.140. The van der Waals surface area contributed by atoms with Crippen molar-refractivity contribution in [3.63, 3.8) is 0 Å². The summed E-state index contributed by atoms with van der Waals surface area (Å²) in [4.78, 5) is 57.2. The zero-order valence-corrected chi connectivity index (χ0v) is 38.5. The van der Waals surface area contributed by atoms with Crippen LogP contribution in [0.2, 0.25) is 0 Å². The number of hydrogen-bond acceptors (Lipinski definition) is 10. The Hall–Kier alpha value is -4.18. The quantitative estimate of drug-likeness (QED) is 0.0572. The second-order valence-corrected chi connectivity index (χ2v) is 17.5. The highest BCUT2D eigenvalue weighted by atomic mass is 32.2. The Morgan fingerprint density at radius 1 is 0.619 bits per heavy atom. The summed E-state index contributed by atoms with van der Waals surface area (Å²) in [5.74, 6) is -8.32. The maximum Gasteiger partial charge on any atom is 0.426 e. The molecule has 1 saturated carbocycles. The van der Waals surface area contributed by atoms with Crippen molar-refractivity contribution in [1.82, 2.24) is 0 Å². The van der Waals surface area contributed by atoms with E-state index in [-0.39, 0.29) is 11.1 Å². The molecule has 63 heavy (non-hydrogen) atoms. The topological polar surface area (TPSA) is 160 Å². The van der Waals surface area contributed by atoms with Crippen molar-refractivity contribution in [2.45, 2.75) is 94.0 Å². The van der Waals surface area contributed by atoms with Gasteiger partial charge in [0.05, 0.1) is 16.7 Å². The number of carbonyl (C=O) groups excluding carboxylic acids is 4. The molecule has 5 atom stereocenters. The van der Waals surface area contributed by atoms with E-state index in [0.29, 0.717) is 67.3 Å². The van der Waals surface area contributed by atoms with Gasteiger partial charge in [-0.05, 0) is 34.9 Å². The van der Waals surface area contributed by atoms with Gasteiger partial charge in [-0.15, -0.1) is 0 Å². The summed E-state index contributed by atoms with van der Waals surface area (Å²) in [6, 6.07) is 10.9. The molecule has 1 aliphatic carbocycles. The lowest BCUT2D eigenvalue weighted by Gasteiger charge is -2.39. The van der Waals surface area contributed by atoms with Crippen molar-refractivity contribution in [3.8, 4) is 0 Å². The summed E-state index contributed by atoms with van der Waals surface area (Å²) in [6.45, 7) is 0. The predicted octanol–water partition coefficient (Wildman–Crippen LogP) is -4.24. The van der Waals surface area contributed by atoms with Gasteiger partial charge in [-0.25, -0.2) is 14.4 Å². The third-order valence-electron chi connectivity index (χ3n) is 11.9. The average Bonchev–Trinajstić information content (AvgIpc) is 3.23. The zero-order chi connectivity index (χ0) is 47.0. The third kappa shape index (κ3) is 12.8. The van der Waals surface area contributed by atoms with E-state index in [1.54, 1.807) is 18.2 Å². The highest BCUT2D eigenvalue weighted by molar-refractivity contribution is 7.85. The fraction of sp³-hybridized carbons (Fsp3) is 0.436. The van der Waals surface area contributed by atoms with Crippen molar-refractivity contribution >= 4 is 110 Å². The van der Waals surface area contributed by atoms with Gasteiger partial charge in [-0.2, -0.15) is 21.6 Å². The second-order valence-electron chi connectivity index (χ2n) is 16.0. The summed E-state index contributed by atoms with van der Waals surface area (Å²) >= 11 is 0. The van der Waals surface area contributed by atoms with Gasteiger partial charge in [0.2, 0.25) is 6.10 Å². The first-order valence-corrected chi connectivity index (χ1v) is 23.5. The predicted molar refractivity (Wildman–Crippen MR) is 258 cm³/mol. The van der Waals surface area contributed by atoms with Crippen LogP contribution >= 0.6 is 0 Å². The van der Waals surface area contributed by atoms with Crippen LogP contribution in [0.3, 0.4) is 0 Å². The Bertz CT molecular complexity index is 2300. The van der Waals surface area contributed by atoms with E-state index in [9.17, 15) is 45.3 Å². The van der Waals surface area contributed by atoms with Crippen LogP contribution in [0.1, 0.15) is 88.4 Å². The highest BCUT2D eigenvalue weighted by Crippen LogP contribution is 2.37. The van der Waals surface area contributed by atoms with Crippen molar-refractivity contribution in [2.75, 3.05) is 5.75 Å². The molecule has 4 rings (SSSR count). The summed E-state index contributed by atoms with van der Waals surface area (Å²) in [5, 5.41) is 0. The number of hydrogen-bond donors (Lipinski definition) is 1. The van der Waals surface area contributed by atoms with E-state index in [1.165, 1.54) is 0 Å². The van der Waals surface area contributed by atoms with Crippen LogP contribution in [0.25, 0.3) is 0 Å². The van der Waals surface area contributed by atoms with Gasteiger partial charge in [0.15, 0.2) is 0 Å². The van der Waals surface area contributed by atoms with Crippen LogP contribution in [0, 0.1) is 5.92 Å². The summed E-state index contributed by atoms with van der Waals surface area (Å²) in [6.07, 6.45) is -10.2. The molecule has 3 aromatic carbocycles. The maximum absolute atomic E-state index is 14.4. The molecule has 0 bridgehead atoms. The first-order chi connectivity index (χ1) is 29.7. The summed E-state index contributed by atoms with van der Waals surface area (Å²) < 4.78 is 99.0. The molecule has 0 radical (unpaired) electrons. The lowest BCUT2D eigenvalue weighted by molar-refractivity contribution is -0.223. The molecule has 0 heterocycles. The zero-order valence-electron chi connectivity index (χ0n) is 37.7. The van der Waals surface area contributed by atoms with Crippen LogP contribution in [0.4, 0.5) is 13.2 Å². The minimum atomic E-state index is -5.47. The van der Waals surface area contributed by atoms with Gasteiger partial charge >= 0.3 is 30.1 Å². The number of carbonyl (C=O) groups is 4. The maximum atomic E-state index is 14.4. The number of halogens is 3. The minimum Gasteiger partial charge on any atom is -0.458 e. The van der Waals surface area contributed by atoms with Crippen LogP contribution in [-0.2, 0) is 84.4 Å². The number of ether oxygens (including phenoxy) is 4. The first-order valence-electron chi connectivity index (χ1n) is 21.9. The second kappa shape index (κ2) is 22.1. The fourth-order valence-corrected chi connectivity index (χ4v) is 9.23. The Balaban J connectivity index is 1.93. The molecule has 1 N–H and O–H groups in total. The fourth-order valence-electron chi connectivity index (χ4n) is 8.59. The van der Waals surface area contributed by atoms with Gasteiger partial charge < -0.3 is 18.9 Å². The number of alkyl halides is 3. The summed E-state index contributed by atoms with van der Waals surface area (Å²) in [5.41, 5.74) is 7.68. The molecular weight excluding hydrogens is 831 g/mol. The highest BCUT2D eigenvalue weighted by Gasteiger charge is 2.52.